The highest BCUT2D eigenvalue weighted by molar-refractivity contribution is 14.0. The molecule has 1 aromatic carbocycles. The van der Waals surface area contributed by atoms with Crippen molar-refractivity contribution in [3.05, 3.63) is 23.8 Å². The number of aliphatic imine (C=N–C) groups is 1. The van der Waals surface area contributed by atoms with Crippen molar-refractivity contribution in [1.82, 2.24) is 20.0 Å². The minimum absolute atomic E-state index is 0. The molecule has 0 radical (unpaired) electrons. The van der Waals surface area contributed by atoms with Gasteiger partial charge in [0.1, 0.15) is 11.5 Å². The molecule has 0 saturated carbocycles. The van der Waals surface area contributed by atoms with Gasteiger partial charge in [0.05, 0.1) is 20.2 Å². The largest absolute Gasteiger partial charge is 0.508 e. The minimum atomic E-state index is 0. The number of carbonyl (C=O) groups excluding carboxylic acids is 1. The number of hydrogen-bond acceptors (Lipinski definition) is 5. The van der Waals surface area contributed by atoms with Gasteiger partial charge in [0.2, 0.25) is 5.91 Å². The number of carbonyl (C=O) groups is 1. The van der Waals surface area contributed by atoms with Gasteiger partial charge in [0.25, 0.3) is 0 Å². The summed E-state index contributed by atoms with van der Waals surface area (Å²) in [5.41, 5.74) is 0.732. The van der Waals surface area contributed by atoms with Crippen molar-refractivity contribution in [1.29, 1.82) is 0 Å². The lowest BCUT2D eigenvalue weighted by Crippen LogP contribution is -2.54. The van der Waals surface area contributed by atoms with E-state index in [2.05, 4.69) is 15.1 Å². The van der Waals surface area contributed by atoms with Gasteiger partial charge < -0.3 is 25.0 Å². The fourth-order valence-electron chi connectivity index (χ4n) is 3.95. The molecule has 9 heteroatoms. The summed E-state index contributed by atoms with van der Waals surface area (Å²) in [6.45, 7) is 8.86. The van der Waals surface area contributed by atoms with Crippen LogP contribution in [0.4, 0.5) is 0 Å². The van der Waals surface area contributed by atoms with Crippen LogP contribution in [0, 0.1) is 0 Å². The summed E-state index contributed by atoms with van der Waals surface area (Å²) in [6.07, 6.45) is 3.50. The number of halogens is 1. The predicted molar refractivity (Wildman–Crippen MR) is 133 cm³/mol. The number of methoxy groups -OCH3 is 1. The molecule has 2 N–H and O–H groups in total. The number of piperazine rings is 1. The van der Waals surface area contributed by atoms with Gasteiger partial charge in [-0.15, -0.1) is 24.0 Å². The number of phenols is 1. The van der Waals surface area contributed by atoms with E-state index >= 15 is 0 Å². The van der Waals surface area contributed by atoms with Crippen molar-refractivity contribution in [3.8, 4) is 11.5 Å². The number of phenolic OH excluding ortho intramolecular Hbond substituents is 1. The highest BCUT2D eigenvalue weighted by Crippen LogP contribution is 2.23. The molecule has 1 aromatic rings. The van der Waals surface area contributed by atoms with Crippen molar-refractivity contribution in [2.75, 3.05) is 59.5 Å². The number of likely N-dealkylation sites (tertiary alicyclic amines) is 1. The Morgan fingerprint density at radius 1 is 1.10 bits per heavy atom. The lowest BCUT2D eigenvalue weighted by atomic mass is 10.1. The summed E-state index contributed by atoms with van der Waals surface area (Å²) in [5, 5.41) is 13.5. The average Bonchev–Trinajstić information content (AvgIpc) is 2.79. The van der Waals surface area contributed by atoms with Crippen molar-refractivity contribution < 1.29 is 14.6 Å². The maximum absolute atomic E-state index is 12.5. The fourth-order valence-corrected chi connectivity index (χ4v) is 3.95. The normalized spacial score (nSPS) is 17.8. The molecule has 1 amide bonds. The molecule has 2 heterocycles. The van der Waals surface area contributed by atoms with Gasteiger partial charge in [0.15, 0.2) is 5.96 Å². The van der Waals surface area contributed by atoms with Crippen LogP contribution in [-0.4, -0.2) is 91.1 Å². The SMILES string of the molecule is CCNC(=NCc1cc(OC)ccc1O)N1CCN(CC(=O)N2CCCCC2)CC1.I. The van der Waals surface area contributed by atoms with Crippen LogP contribution in [0.3, 0.4) is 0 Å². The number of nitrogens with one attached hydrogen (secondary N) is 1. The molecule has 0 atom stereocenters. The number of piperidine rings is 1. The van der Waals surface area contributed by atoms with Crippen LogP contribution in [0.5, 0.6) is 11.5 Å². The Morgan fingerprint density at radius 3 is 2.45 bits per heavy atom. The molecule has 2 fully saturated rings. The van der Waals surface area contributed by atoms with Crippen molar-refractivity contribution in [2.24, 2.45) is 4.99 Å². The average molecular weight is 545 g/mol. The Balaban J connectivity index is 0.00000341. The van der Waals surface area contributed by atoms with Crippen LogP contribution >= 0.6 is 24.0 Å². The van der Waals surface area contributed by atoms with Gasteiger partial charge in [-0.05, 0) is 44.4 Å². The van der Waals surface area contributed by atoms with Crippen LogP contribution in [-0.2, 0) is 11.3 Å². The number of rotatable bonds is 6. The zero-order valence-corrected chi connectivity index (χ0v) is 21.0. The topological polar surface area (TPSA) is 80.6 Å². The van der Waals surface area contributed by atoms with Gasteiger partial charge in [-0.3, -0.25) is 9.69 Å². The Bertz CT molecular complexity index is 732. The quantitative estimate of drug-likeness (QED) is 0.324. The molecule has 0 aliphatic carbocycles. The van der Waals surface area contributed by atoms with E-state index in [1.807, 2.05) is 17.9 Å². The number of hydrogen-bond donors (Lipinski definition) is 2. The molecule has 0 unspecified atom stereocenters. The maximum Gasteiger partial charge on any atom is 0.236 e. The van der Waals surface area contributed by atoms with Crippen LogP contribution in [0.2, 0.25) is 0 Å². The molecule has 174 valence electrons. The van der Waals surface area contributed by atoms with Crippen LogP contribution in [0.25, 0.3) is 0 Å². The maximum atomic E-state index is 12.5. The van der Waals surface area contributed by atoms with Gasteiger partial charge in [0, 0.05) is 51.4 Å². The number of amides is 1. The summed E-state index contributed by atoms with van der Waals surface area (Å²) < 4.78 is 5.25. The first-order valence-corrected chi connectivity index (χ1v) is 11.0. The number of benzene rings is 1. The summed E-state index contributed by atoms with van der Waals surface area (Å²) in [6, 6.07) is 5.18. The van der Waals surface area contributed by atoms with E-state index in [-0.39, 0.29) is 35.6 Å². The molecular weight excluding hydrogens is 509 g/mol. The molecular formula is C22H36IN5O3. The smallest absolute Gasteiger partial charge is 0.236 e. The third kappa shape index (κ3) is 7.41. The number of nitrogens with zero attached hydrogens (tertiary/aromatic N) is 4. The monoisotopic (exact) mass is 545 g/mol. The highest BCUT2D eigenvalue weighted by atomic mass is 127. The standard InChI is InChI=1S/C22H35N5O3.HI/c1-3-23-22(24-16-18-15-19(30-2)7-8-20(18)28)27-13-11-25(12-14-27)17-21(29)26-9-5-4-6-10-26;/h7-8,15,28H,3-6,9-14,16-17H2,1-2H3,(H,23,24);1H. The molecule has 31 heavy (non-hydrogen) atoms. The highest BCUT2D eigenvalue weighted by Gasteiger charge is 2.24. The molecule has 2 saturated heterocycles. The molecule has 0 bridgehead atoms. The first-order valence-electron chi connectivity index (χ1n) is 11.0. The van der Waals surface area contributed by atoms with E-state index in [1.165, 1.54) is 6.42 Å². The third-order valence-corrected chi connectivity index (χ3v) is 5.76. The van der Waals surface area contributed by atoms with Crippen LogP contribution in [0.15, 0.2) is 23.2 Å². The summed E-state index contributed by atoms with van der Waals surface area (Å²) in [4.78, 5) is 23.7. The first kappa shape index (κ1) is 25.5. The number of aromatic hydroxyl groups is 1. The summed E-state index contributed by atoms with van der Waals surface area (Å²) in [5.74, 6) is 2.02. The van der Waals surface area contributed by atoms with Crippen molar-refractivity contribution in [2.45, 2.75) is 32.7 Å². The second-order valence-corrected chi connectivity index (χ2v) is 7.87. The number of ether oxygens (including phenoxy) is 1. The zero-order chi connectivity index (χ0) is 21.3. The van der Waals surface area contributed by atoms with E-state index in [4.69, 9.17) is 9.73 Å². The lowest BCUT2D eigenvalue weighted by molar-refractivity contribution is -0.133. The minimum Gasteiger partial charge on any atom is -0.508 e. The van der Waals surface area contributed by atoms with E-state index in [0.717, 1.165) is 70.2 Å². The Kier molecular flexibility index (Phi) is 10.7. The fraction of sp³-hybridized carbons (Fsp3) is 0.636. The third-order valence-electron chi connectivity index (χ3n) is 5.76. The van der Waals surface area contributed by atoms with Crippen LogP contribution in [0.1, 0.15) is 31.7 Å². The molecule has 2 aliphatic heterocycles. The van der Waals surface area contributed by atoms with Gasteiger partial charge >= 0.3 is 0 Å². The Hall–Kier alpha value is -1.75. The number of guanidine groups is 1. The molecule has 3 rings (SSSR count). The predicted octanol–water partition coefficient (Wildman–Crippen LogP) is 2.11. The molecule has 2 aliphatic rings. The second-order valence-electron chi connectivity index (χ2n) is 7.87. The van der Waals surface area contributed by atoms with Gasteiger partial charge in [-0.2, -0.15) is 0 Å². The molecule has 8 nitrogen and oxygen atoms in total. The lowest BCUT2D eigenvalue weighted by Gasteiger charge is -2.37. The van der Waals surface area contributed by atoms with E-state index in [1.54, 1.807) is 19.2 Å². The zero-order valence-electron chi connectivity index (χ0n) is 18.7. The van der Waals surface area contributed by atoms with Crippen LogP contribution < -0.4 is 10.1 Å². The van der Waals surface area contributed by atoms with E-state index in [9.17, 15) is 9.90 Å². The van der Waals surface area contributed by atoms with Gasteiger partial charge in [-0.25, -0.2) is 4.99 Å². The van der Waals surface area contributed by atoms with E-state index in [0.29, 0.717) is 18.8 Å². The summed E-state index contributed by atoms with van der Waals surface area (Å²) in [7, 11) is 1.61. The molecule has 0 spiro atoms. The van der Waals surface area contributed by atoms with Crippen molar-refractivity contribution >= 4 is 35.8 Å². The van der Waals surface area contributed by atoms with Gasteiger partial charge in [-0.1, -0.05) is 0 Å². The van der Waals surface area contributed by atoms with E-state index < -0.39 is 0 Å². The Morgan fingerprint density at radius 2 is 1.81 bits per heavy atom. The Labute approximate surface area is 202 Å². The summed E-state index contributed by atoms with van der Waals surface area (Å²) >= 11 is 0. The first-order chi connectivity index (χ1) is 14.6. The molecule has 0 aromatic heterocycles. The van der Waals surface area contributed by atoms with Crippen molar-refractivity contribution in [3.63, 3.8) is 0 Å². The second kappa shape index (κ2) is 12.9.